The lowest BCUT2D eigenvalue weighted by molar-refractivity contribution is -0.144. The van der Waals surface area contributed by atoms with Gasteiger partial charge in [-0.15, -0.1) is 0 Å². The molecule has 36 heavy (non-hydrogen) atoms. The van der Waals surface area contributed by atoms with E-state index in [2.05, 4.69) is 0 Å². The third kappa shape index (κ3) is 11.2. The Labute approximate surface area is 208 Å². The highest BCUT2D eigenvalue weighted by atomic mass is 16.6. The van der Waals surface area contributed by atoms with Gasteiger partial charge in [-0.1, -0.05) is 0 Å². The van der Waals surface area contributed by atoms with Crippen molar-refractivity contribution < 1.29 is 47.6 Å². The summed E-state index contributed by atoms with van der Waals surface area (Å²) in [6.07, 6.45) is 1.37. The third-order valence-corrected chi connectivity index (χ3v) is 4.19. The van der Waals surface area contributed by atoms with Gasteiger partial charge in [0, 0.05) is 12.2 Å². The van der Waals surface area contributed by atoms with Gasteiger partial charge < -0.3 is 28.4 Å². The Bertz CT molecular complexity index is 942. The summed E-state index contributed by atoms with van der Waals surface area (Å²) in [5.74, 6) is -0.881. The number of ether oxygens (including phenoxy) is 6. The van der Waals surface area contributed by atoms with E-state index in [1.165, 1.54) is 0 Å². The Morgan fingerprint density at radius 3 is 1.25 bits per heavy atom. The van der Waals surface area contributed by atoms with Crippen LogP contribution in [0.2, 0.25) is 0 Å². The fraction of sp³-hybridized carbons (Fsp3) is 0.308. The predicted molar refractivity (Wildman–Crippen MR) is 127 cm³/mol. The van der Waals surface area contributed by atoms with Crippen LogP contribution in [0.15, 0.2) is 60.7 Å². The lowest BCUT2D eigenvalue weighted by Crippen LogP contribution is -2.14. The molecule has 2 rings (SSSR count). The highest BCUT2D eigenvalue weighted by Gasteiger charge is 2.09. The minimum atomic E-state index is -0.837. The summed E-state index contributed by atoms with van der Waals surface area (Å²) in [4.78, 5) is 47.0. The molecule has 10 nitrogen and oxygen atoms in total. The van der Waals surface area contributed by atoms with E-state index in [-0.39, 0.29) is 26.1 Å². The monoisotopic (exact) mass is 500 g/mol. The van der Waals surface area contributed by atoms with Crippen molar-refractivity contribution in [2.24, 2.45) is 0 Å². The first-order valence-electron chi connectivity index (χ1n) is 11.3. The second-order valence-corrected chi connectivity index (χ2v) is 6.93. The van der Waals surface area contributed by atoms with Crippen LogP contribution in [0, 0.1) is 0 Å². The van der Waals surface area contributed by atoms with Gasteiger partial charge in [-0.2, -0.15) is 0 Å². The number of carbonyl (C=O) groups is 4. The quantitative estimate of drug-likeness (QED) is 0.216. The van der Waals surface area contributed by atoms with Gasteiger partial charge in [-0.05, 0) is 62.4 Å². The Balaban J connectivity index is 1.58. The molecule has 0 aliphatic heterocycles. The SMILES string of the molecule is CCOc1ccc(OC(=O)CCOC(=O)/C=C/C(=O)OCCC(=O)Oc2ccc(OCC)cc2)cc1. The van der Waals surface area contributed by atoms with Crippen LogP contribution in [-0.4, -0.2) is 50.3 Å². The first kappa shape index (κ1) is 27.9. The highest BCUT2D eigenvalue weighted by Crippen LogP contribution is 2.19. The molecule has 0 unspecified atom stereocenters. The lowest BCUT2D eigenvalue weighted by Gasteiger charge is -2.07. The van der Waals surface area contributed by atoms with Gasteiger partial charge in [0.05, 0.1) is 26.1 Å². The molecule has 0 aromatic heterocycles. The number of hydrogen-bond acceptors (Lipinski definition) is 10. The van der Waals surface area contributed by atoms with Crippen LogP contribution in [0.1, 0.15) is 26.7 Å². The number of esters is 4. The first-order chi connectivity index (χ1) is 17.4. The molecule has 0 bridgehead atoms. The summed E-state index contributed by atoms with van der Waals surface area (Å²) < 4.78 is 30.5. The highest BCUT2D eigenvalue weighted by molar-refractivity contribution is 5.91. The normalized spacial score (nSPS) is 10.4. The molecule has 0 fully saturated rings. The van der Waals surface area contributed by atoms with Crippen LogP contribution in [0.5, 0.6) is 23.0 Å². The van der Waals surface area contributed by atoms with Crippen molar-refractivity contribution in [2.75, 3.05) is 26.4 Å². The van der Waals surface area contributed by atoms with Crippen molar-refractivity contribution >= 4 is 23.9 Å². The predicted octanol–water partition coefficient (Wildman–Crippen LogP) is 3.42. The van der Waals surface area contributed by atoms with E-state index < -0.39 is 23.9 Å². The molecule has 0 aliphatic rings. The van der Waals surface area contributed by atoms with E-state index in [0.29, 0.717) is 36.2 Å². The van der Waals surface area contributed by atoms with E-state index in [1.54, 1.807) is 48.5 Å². The molecular weight excluding hydrogens is 472 g/mol. The zero-order valence-electron chi connectivity index (χ0n) is 20.1. The van der Waals surface area contributed by atoms with Crippen LogP contribution < -0.4 is 18.9 Å². The van der Waals surface area contributed by atoms with Gasteiger partial charge in [-0.3, -0.25) is 9.59 Å². The average molecular weight is 501 g/mol. The van der Waals surface area contributed by atoms with E-state index in [0.717, 1.165) is 12.2 Å². The molecule has 0 spiro atoms. The molecule has 0 amide bonds. The van der Waals surface area contributed by atoms with Crippen molar-refractivity contribution in [3.05, 3.63) is 60.7 Å². The van der Waals surface area contributed by atoms with Crippen molar-refractivity contribution in [3.8, 4) is 23.0 Å². The van der Waals surface area contributed by atoms with Crippen molar-refractivity contribution in [1.29, 1.82) is 0 Å². The van der Waals surface area contributed by atoms with Gasteiger partial charge in [0.25, 0.3) is 0 Å². The molecule has 0 N–H and O–H groups in total. The fourth-order valence-electron chi connectivity index (χ4n) is 2.61. The Hall–Kier alpha value is -4.34. The molecule has 192 valence electrons. The van der Waals surface area contributed by atoms with Gasteiger partial charge in [0.2, 0.25) is 0 Å². The zero-order chi connectivity index (χ0) is 26.2. The summed E-state index contributed by atoms with van der Waals surface area (Å²) in [7, 11) is 0. The first-order valence-corrected chi connectivity index (χ1v) is 11.3. The standard InChI is InChI=1S/C26H28O10/c1-3-31-19-5-9-21(10-6-19)35-25(29)15-17-33-23(27)13-14-24(28)34-18-16-26(30)36-22-11-7-20(8-12-22)32-4-2/h5-14H,3-4,15-18H2,1-2H3/b14-13+. The molecule has 10 heteroatoms. The van der Waals surface area contributed by atoms with Gasteiger partial charge in [0.15, 0.2) is 0 Å². The van der Waals surface area contributed by atoms with E-state index in [9.17, 15) is 19.2 Å². The Morgan fingerprint density at radius 1 is 0.583 bits per heavy atom. The second kappa shape index (κ2) is 15.5. The fourth-order valence-corrected chi connectivity index (χ4v) is 2.61. The number of benzene rings is 2. The summed E-state index contributed by atoms with van der Waals surface area (Å²) in [6.45, 7) is 4.31. The van der Waals surface area contributed by atoms with Crippen molar-refractivity contribution in [1.82, 2.24) is 0 Å². The van der Waals surface area contributed by atoms with Crippen molar-refractivity contribution in [3.63, 3.8) is 0 Å². The summed E-state index contributed by atoms with van der Waals surface area (Å²) >= 11 is 0. The van der Waals surface area contributed by atoms with E-state index >= 15 is 0 Å². The summed E-state index contributed by atoms with van der Waals surface area (Å²) in [5, 5.41) is 0. The Kier molecular flexibility index (Phi) is 12.0. The maximum absolute atomic E-state index is 11.8. The Morgan fingerprint density at radius 2 is 0.917 bits per heavy atom. The van der Waals surface area contributed by atoms with Crippen LogP contribution in [0.4, 0.5) is 0 Å². The summed E-state index contributed by atoms with van der Waals surface area (Å²) in [5.41, 5.74) is 0. The average Bonchev–Trinajstić information content (AvgIpc) is 2.85. The largest absolute Gasteiger partial charge is 0.494 e. The lowest BCUT2D eigenvalue weighted by atomic mass is 10.3. The third-order valence-electron chi connectivity index (χ3n) is 4.19. The molecule has 0 saturated heterocycles. The maximum Gasteiger partial charge on any atom is 0.331 e. The molecule has 0 atom stereocenters. The van der Waals surface area contributed by atoms with E-state index in [1.807, 2.05) is 13.8 Å². The molecular formula is C26H28O10. The summed E-state index contributed by atoms with van der Waals surface area (Å²) in [6, 6.07) is 13.0. The minimum Gasteiger partial charge on any atom is -0.494 e. The van der Waals surface area contributed by atoms with Gasteiger partial charge in [-0.25, -0.2) is 9.59 Å². The van der Waals surface area contributed by atoms with Crippen LogP contribution in [0.3, 0.4) is 0 Å². The maximum atomic E-state index is 11.8. The molecule has 0 heterocycles. The molecule has 0 aliphatic carbocycles. The molecule has 2 aromatic carbocycles. The zero-order valence-corrected chi connectivity index (χ0v) is 20.1. The molecule has 0 radical (unpaired) electrons. The molecule has 0 saturated carbocycles. The van der Waals surface area contributed by atoms with Crippen molar-refractivity contribution in [2.45, 2.75) is 26.7 Å². The van der Waals surface area contributed by atoms with Crippen LogP contribution in [0.25, 0.3) is 0 Å². The second-order valence-electron chi connectivity index (χ2n) is 6.93. The molecule has 2 aromatic rings. The van der Waals surface area contributed by atoms with Crippen LogP contribution in [-0.2, 0) is 28.7 Å². The van der Waals surface area contributed by atoms with Gasteiger partial charge >= 0.3 is 23.9 Å². The van der Waals surface area contributed by atoms with E-state index in [4.69, 9.17) is 28.4 Å². The number of hydrogen-bond donors (Lipinski definition) is 0. The topological polar surface area (TPSA) is 124 Å². The minimum absolute atomic E-state index is 0.173. The number of rotatable bonds is 14. The smallest absolute Gasteiger partial charge is 0.331 e. The van der Waals surface area contributed by atoms with Gasteiger partial charge in [0.1, 0.15) is 36.2 Å². The number of carbonyl (C=O) groups excluding carboxylic acids is 4. The van der Waals surface area contributed by atoms with Crippen LogP contribution >= 0.6 is 0 Å².